The van der Waals surface area contributed by atoms with Crippen LogP contribution in [0.25, 0.3) is 6.08 Å². The molecule has 2 rings (SSSR count). The van der Waals surface area contributed by atoms with Gasteiger partial charge in [0.2, 0.25) is 0 Å². The van der Waals surface area contributed by atoms with Crippen molar-refractivity contribution < 1.29 is 33.6 Å². The molecule has 0 aliphatic rings. The zero-order chi connectivity index (χ0) is 35.5. The summed E-state index contributed by atoms with van der Waals surface area (Å²) in [5, 5.41) is 11.0. The monoisotopic (exact) mass is 680 g/mol. The lowest BCUT2D eigenvalue weighted by molar-refractivity contribution is -0.135. The van der Waals surface area contributed by atoms with Crippen LogP contribution in [-0.2, 0) is 9.59 Å². The van der Waals surface area contributed by atoms with E-state index in [1.165, 1.54) is 77.0 Å². The first-order chi connectivity index (χ1) is 23.9. The standard InChI is InChI=1S/C42H64O7/c1-5-8-10-12-14-16-18-20-22-24-41(44)48-36-28-26-34(27-31-38(43)37-30-29-35(46-4)32-40(37)47-7-3)39(33-36)49-42(45)25-23-21-19-17-15-13-11-9-6-2/h26-33,38,43H,5-25H2,1-4H3. The van der Waals surface area contributed by atoms with Crippen molar-refractivity contribution >= 4 is 18.0 Å². The van der Waals surface area contributed by atoms with Gasteiger partial charge in [-0.05, 0) is 44.0 Å². The minimum absolute atomic E-state index is 0.289. The number of esters is 2. The van der Waals surface area contributed by atoms with E-state index in [9.17, 15) is 14.7 Å². The fourth-order valence-electron chi connectivity index (χ4n) is 5.79. The van der Waals surface area contributed by atoms with Crippen LogP contribution in [0, 0.1) is 0 Å². The molecule has 1 atom stereocenters. The maximum Gasteiger partial charge on any atom is 0.311 e. The van der Waals surface area contributed by atoms with Gasteiger partial charge in [0.1, 0.15) is 29.1 Å². The number of hydrogen-bond acceptors (Lipinski definition) is 7. The van der Waals surface area contributed by atoms with Crippen molar-refractivity contribution in [3.8, 4) is 23.0 Å². The van der Waals surface area contributed by atoms with Crippen LogP contribution in [0.3, 0.4) is 0 Å². The van der Waals surface area contributed by atoms with Gasteiger partial charge in [0.25, 0.3) is 0 Å². The zero-order valence-corrected chi connectivity index (χ0v) is 30.9. The van der Waals surface area contributed by atoms with Gasteiger partial charge in [-0.3, -0.25) is 9.59 Å². The molecule has 274 valence electrons. The summed E-state index contributed by atoms with van der Waals surface area (Å²) in [6.45, 7) is 6.78. The Morgan fingerprint density at radius 3 is 1.65 bits per heavy atom. The van der Waals surface area contributed by atoms with E-state index < -0.39 is 6.10 Å². The summed E-state index contributed by atoms with van der Waals surface area (Å²) in [6.07, 6.45) is 24.0. The second kappa shape index (κ2) is 26.5. The summed E-state index contributed by atoms with van der Waals surface area (Å²) in [5.74, 6) is 1.16. The second-order valence-electron chi connectivity index (χ2n) is 12.9. The lowest BCUT2D eigenvalue weighted by Gasteiger charge is -2.15. The molecule has 1 unspecified atom stereocenters. The first-order valence-corrected chi connectivity index (χ1v) is 19.1. The van der Waals surface area contributed by atoms with E-state index >= 15 is 0 Å². The highest BCUT2D eigenvalue weighted by Crippen LogP contribution is 2.32. The lowest BCUT2D eigenvalue weighted by atomic mass is 10.1. The molecule has 0 aromatic heterocycles. The van der Waals surface area contributed by atoms with E-state index in [2.05, 4.69) is 13.8 Å². The average molecular weight is 681 g/mol. The zero-order valence-electron chi connectivity index (χ0n) is 30.9. The third kappa shape index (κ3) is 18.3. The Balaban J connectivity index is 2.03. The van der Waals surface area contributed by atoms with Crippen molar-refractivity contribution in [3.05, 3.63) is 53.6 Å². The summed E-state index contributed by atoms with van der Waals surface area (Å²) in [7, 11) is 1.58. The number of ether oxygens (including phenoxy) is 4. The Morgan fingerprint density at radius 2 is 1.12 bits per heavy atom. The van der Waals surface area contributed by atoms with Crippen LogP contribution in [0.2, 0.25) is 0 Å². The van der Waals surface area contributed by atoms with Gasteiger partial charge >= 0.3 is 11.9 Å². The van der Waals surface area contributed by atoms with E-state index in [-0.39, 0.29) is 17.7 Å². The Hall–Kier alpha value is -3.32. The normalized spacial score (nSPS) is 11.9. The van der Waals surface area contributed by atoms with Gasteiger partial charge in [-0.2, -0.15) is 0 Å². The average Bonchev–Trinajstić information content (AvgIpc) is 3.09. The molecule has 0 heterocycles. The van der Waals surface area contributed by atoms with Crippen LogP contribution in [0.5, 0.6) is 23.0 Å². The molecule has 7 nitrogen and oxygen atoms in total. The molecule has 0 saturated carbocycles. The third-order valence-electron chi connectivity index (χ3n) is 8.71. The Labute approximate surface area is 296 Å². The SMILES string of the molecule is CCCCCCCCCCCC(=O)Oc1ccc(C=CC(O)c2ccc(OC)cc2OCC)c(OC(=O)CCCCCCCCCCC)c1. The van der Waals surface area contributed by atoms with Crippen molar-refractivity contribution in [3.63, 3.8) is 0 Å². The van der Waals surface area contributed by atoms with Crippen LogP contribution >= 0.6 is 0 Å². The number of hydrogen-bond donors (Lipinski definition) is 1. The molecule has 0 bridgehead atoms. The summed E-state index contributed by atoms with van der Waals surface area (Å²) in [4.78, 5) is 25.6. The summed E-state index contributed by atoms with van der Waals surface area (Å²) in [6, 6.07) is 10.3. The van der Waals surface area contributed by atoms with Crippen LogP contribution in [0.1, 0.15) is 166 Å². The molecule has 0 aliphatic heterocycles. The molecule has 0 aliphatic carbocycles. The Morgan fingerprint density at radius 1 is 0.633 bits per heavy atom. The van der Waals surface area contributed by atoms with E-state index in [1.807, 2.05) is 6.92 Å². The molecule has 7 heteroatoms. The molecule has 2 aromatic rings. The van der Waals surface area contributed by atoms with E-state index in [4.69, 9.17) is 18.9 Å². The van der Waals surface area contributed by atoms with Crippen LogP contribution in [0.4, 0.5) is 0 Å². The van der Waals surface area contributed by atoms with Crippen molar-refractivity contribution in [2.24, 2.45) is 0 Å². The first kappa shape index (κ1) is 41.8. The number of aliphatic hydroxyl groups excluding tert-OH is 1. The van der Waals surface area contributed by atoms with Gasteiger partial charge in [-0.25, -0.2) is 0 Å². The largest absolute Gasteiger partial charge is 0.497 e. The fraction of sp³-hybridized carbons (Fsp3) is 0.619. The Kier molecular flexibility index (Phi) is 22.7. The smallest absolute Gasteiger partial charge is 0.311 e. The number of aliphatic hydroxyl groups is 1. The number of carbonyl (C=O) groups excluding carboxylic acids is 2. The highest BCUT2D eigenvalue weighted by Gasteiger charge is 2.15. The lowest BCUT2D eigenvalue weighted by Crippen LogP contribution is -2.10. The maximum absolute atomic E-state index is 12.9. The first-order valence-electron chi connectivity index (χ1n) is 19.1. The number of carbonyl (C=O) groups is 2. The van der Waals surface area contributed by atoms with Gasteiger partial charge in [-0.1, -0.05) is 129 Å². The molecule has 0 spiro atoms. The van der Waals surface area contributed by atoms with Crippen molar-refractivity contribution in [2.45, 2.75) is 155 Å². The fourth-order valence-corrected chi connectivity index (χ4v) is 5.79. The topological polar surface area (TPSA) is 91.3 Å². The summed E-state index contributed by atoms with van der Waals surface area (Å²) in [5.41, 5.74) is 1.18. The van der Waals surface area contributed by atoms with Crippen LogP contribution in [-0.4, -0.2) is 30.8 Å². The number of rotatable bonds is 28. The molecule has 0 fully saturated rings. The van der Waals surface area contributed by atoms with Crippen molar-refractivity contribution in [1.82, 2.24) is 0 Å². The third-order valence-corrected chi connectivity index (χ3v) is 8.71. The molecule has 0 radical (unpaired) electrons. The molecule has 2 aromatic carbocycles. The number of unbranched alkanes of at least 4 members (excludes halogenated alkanes) is 16. The number of methoxy groups -OCH3 is 1. The molecule has 1 N–H and O–H groups in total. The van der Waals surface area contributed by atoms with E-state index in [1.54, 1.807) is 55.7 Å². The van der Waals surface area contributed by atoms with Gasteiger partial charge in [-0.15, -0.1) is 0 Å². The molecular weight excluding hydrogens is 616 g/mol. The van der Waals surface area contributed by atoms with Crippen LogP contribution in [0.15, 0.2) is 42.5 Å². The predicted octanol–water partition coefficient (Wildman–Crippen LogP) is 11.5. The van der Waals surface area contributed by atoms with Gasteiger partial charge in [0.15, 0.2) is 0 Å². The molecule has 0 amide bonds. The van der Waals surface area contributed by atoms with Crippen LogP contribution < -0.4 is 18.9 Å². The predicted molar refractivity (Wildman–Crippen MR) is 200 cm³/mol. The minimum atomic E-state index is -0.980. The molecule has 0 saturated heterocycles. The quantitative estimate of drug-likeness (QED) is 0.0543. The second-order valence-corrected chi connectivity index (χ2v) is 12.9. The van der Waals surface area contributed by atoms with E-state index in [0.29, 0.717) is 47.8 Å². The minimum Gasteiger partial charge on any atom is -0.497 e. The molecule has 49 heavy (non-hydrogen) atoms. The van der Waals surface area contributed by atoms with Crippen molar-refractivity contribution in [1.29, 1.82) is 0 Å². The van der Waals surface area contributed by atoms with Gasteiger partial charge in [0.05, 0.1) is 13.7 Å². The Bertz CT molecular complexity index is 1220. The van der Waals surface area contributed by atoms with Crippen molar-refractivity contribution in [2.75, 3.05) is 13.7 Å². The highest BCUT2D eigenvalue weighted by atomic mass is 16.5. The number of benzene rings is 2. The summed E-state index contributed by atoms with van der Waals surface area (Å²) >= 11 is 0. The molecular formula is C42H64O7. The van der Waals surface area contributed by atoms with Gasteiger partial charge < -0.3 is 24.1 Å². The summed E-state index contributed by atoms with van der Waals surface area (Å²) < 4.78 is 22.5. The van der Waals surface area contributed by atoms with Gasteiger partial charge in [0, 0.05) is 36.1 Å². The van der Waals surface area contributed by atoms with E-state index in [0.717, 1.165) is 38.5 Å². The highest BCUT2D eigenvalue weighted by molar-refractivity contribution is 5.76. The maximum atomic E-state index is 12.9.